The van der Waals surface area contributed by atoms with Crippen LogP contribution in [0.3, 0.4) is 0 Å². The Morgan fingerprint density at radius 1 is 1.27 bits per heavy atom. The van der Waals surface area contributed by atoms with Crippen LogP contribution >= 0.6 is 0 Å². The molecule has 0 aliphatic carbocycles. The minimum absolute atomic E-state index is 0.471. The molecule has 108 valence electrons. The molecule has 0 radical (unpaired) electrons. The molecule has 0 fully saturated rings. The first kappa shape index (κ1) is 13.9. The number of benzene rings is 2. The van der Waals surface area contributed by atoms with Crippen molar-refractivity contribution >= 4 is 22.7 Å². The monoisotopic (exact) mass is 289 g/mol. The number of hydrogen-bond donors (Lipinski definition) is 1. The molecular weight excluding hydrogens is 274 g/mol. The smallest absolute Gasteiger partial charge is 0.149 e. The van der Waals surface area contributed by atoms with Crippen LogP contribution in [0.4, 0.5) is 0 Å². The summed E-state index contributed by atoms with van der Waals surface area (Å²) in [5, 5.41) is 9.47. The fourth-order valence-corrected chi connectivity index (χ4v) is 2.35. The molecule has 0 amide bonds. The van der Waals surface area contributed by atoms with Gasteiger partial charge < -0.3 is 9.72 Å². The molecule has 0 aliphatic heterocycles. The van der Waals surface area contributed by atoms with Gasteiger partial charge in [-0.2, -0.15) is 5.26 Å². The highest BCUT2D eigenvalue weighted by atomic mass is 16.5. The van der Waals surface area contributed by atoms with Gasteiger partial charge in [0.15, 0.2) is 0 Å². The van der Waals surface area contributed by atoms with Gasteiger partial charge in [-0.15, -0.1) is 0 Å². The Hall–Kier alpha value is -3.06. The number of para-hydroxylation sites is 1. The van der Waals surface area contributed by atoms with Crippen molar-refractivity contribution in [2.75, 3.05) is 7.11 Å². The summed E-state index contributed by atoms with van der Waals surface area (Å²) in [7, 11) is 1.61. The van der Waals surface area contributed by atoms with E-state index < -0.39 is 0 Å². The van der Waals surface area contributed by atoms with Crippen molar-refractivity contribution in [1.82, 2.24) is 9.97 Å². The number of fused-ring (bicyclic) bond motifs is 1. The molecule has 0 saturated carbocycles. The van der Waals surface area contributed by atoms with Gasteiger partial charge in [-0.1, -0.05) is 24.3 Å². The zero-order valence-corrected chi connectivity index (χ0v) is 12.4. The Morgan fingerprint density at radius 2 is 2.09 bits per heavy atom. The second kappa shape index (κ2) is 5.74. The van der Waals surface area contributed by atoms with Gasteiger partial charge >= 0.3 is 0 Å². The van der Waals surface area contributed by atoms with E-state index in [2.05, 4.69) is 16.0 Å². The molecule has 1 N–H and O–H groups in total. The summed E-state index contributed by atoms with van der Waals surface area (Å²) in [5.74, 6) is 1.29. The first-order valence-corrected chi connectivity index (χ1v) is 6.93. The van der Waals surface area contributed by atoms with Gasteiger partial charge in [0, 0.05) is 5.56 Å². The van der Waals surface area contributed by atoms with Crippen molar-refractivity contribution in [2.45, 2.75) is 6.92 Å². The number of aromatic nitrogens is 2. The second-order valence-electron chi connectivity index (χ2n) is 5.02. The predicted molar refractivity (Wildman–Crippen MR) is 87.3 cm³/mol. The van der Waals surface area contributed by atoms with Crippen molar-refractivity contribution in [3.8, 4) is 11.8 Å². The summed E-state index contributed by atoms with van der Waals surface area (Å²) in [6.45, 7) is 2.02. The van der Waals surface area contributed by atoms with Crippen molar-refractivity contribution in [3.05, 3.63) is 59.4 Å². The Bertz CT molecular complexity index is 900. The molecule has 0 aliphatic rings. The zero-order valence-electron chi connectivity index (χ0n) is 12.4. The number of nitrogens with one attached hydrogen (secondary N) is 1. The predicted octanol–water partition coefficient (Wildman–Crippen LogP) is 3.94. The molecule has 3 rings (SSSR count). The molecule has 1 aromatic heterocycles. The number of ether oxygens (including phenoxy) is 1. The van der Waals surface area contributed by atoms with Crippen LogP contribution in [-0.4, -0.2) is 17.1 Å². The molecule has 0 spiro atoms. The average molecular weight is 289 g/mol. The van der Waals surface area contributed by atoms with E-state index >= 15 is 0 Å². The molecule has 4 nitrogen and oxygen atoms in total. The van der Waals surface area contributed by atoms with Gasteiger partial charge in [0.2, 0.25) is 0 Å². The second-order valence-corrected chi connectivity index (χ2v) is 5.02. The highest BCUT2D eigenvalue weighted by molar-refractivity contribution is 5.91. The number of H-pyrrole nitrogens is 1. The van der Waals surface area contributed by atoms with Gasteiger partial charge in [-0.25, -0.2) is 4.98 Å². The van der Waals surface area contributed by atoms with E-state index in [1.54, 1.807) is 13.2 Å². The molecular formula is C18H15N3O. The van der Waals surface area contributed by atoms with E-state index in [-0.39, 0.29) is 0 Å². The van der Waals surface area contributed by atoms with E-state index in [0.29, 0.717) is 11.4 Å². The number of methoxy groups -OCH3 is 1. The van der Waals surface area contributed by atoms with Crippen molar-refractivity contribution < 1.29 is 4.74 Å². The molecule has 2 aromatic carbocycles. The Morgan fingerprint density at radius 3 is 2.86 bits per heavy atom. The Labute approximate surface area is 128 Å². The summed E-state index contributed by atoms with van der Waals surface area (Å²) >= 11 is 0. The Kier molecular flexibility index (Phi) is 3.63. The van der Waals surface area contributed by atoms with E-state index in [1.165, 1.54) is 0 Å². The molecule has 0 saturated heterocycles. The fraction of sp³-hybridized carbons (Fsp3) is 0.111. The zero-order chi connectivity index (χ0) is 15.5. The lowest BCUT2D eigenvalue weighted by molar-refractivity contribution is 0.414. The molecule has 1 heterocycles. The van der Waals surface area contributed by atoms with E-state index in [9.17, 15) is 5.26 Å². The highest BCUT2D eigenvalue weighted by Crippen LogP contribution is 2.24. The third-order valence-corrected chi connectivity index (χ3v) is 3.45. The first-order chi connectivity index (χ1) is 10.7. The number of rotatable bonds is 3. The van der Waals surface area contributed by atoms with Crippen LogP contribution in [0.2, 0.25) is 0 Å². The third-order valence-electron chi connectivity index (χ3n) is 3.45. The minimum atomic E-state index is 0.471. The molecule has 0 unspecified atom stereocenters. The molecule has 22 heavy (non-hydrogen) atoms. The number of aryl methyl sites for hydroxylation is 1. The van der Waals surface area contributed by atoms with Crippen LogP contribution in [0.15, 0.2) is 42.5 Å². The van der Waals surface area contributed by atoms with Crippen LogP contribution in [-0.2, 0) is 0 Å². The summed E-state index contributed by atoms with van der Waals surface area (Å²) in [6.07, 6.45) is 1.78. The number of imidazole rings is 1. The maximum Gasteiger partial charge on any atom is 0.149 e. The summed E-state index contributed by atoms with van der Waals surface area (Å²) < 4.78 is 5.32. The van der Waals surface area contributed by atoms with Crippen LogP contribution in [0.1, 0.15) is 17.0 Å². The highest BCUT2D eigenvalue weighted by Gasteiger charge is 2.09. The normalized spacial score (nSPS) is 11.4. The van der Waals surface area contributed by atoms with Crippen LogP contribution < -0.4 is 4.74 Å². The van der Waals surface area contributed by atoms with Gasteiger partial charge in [-0.3, -0.25) is 0 Å². The standard InChI is InChI=1S/C18H15N3O/c1-12-7-8-15-16(9-12)21-18(20-15)14(11-19)10-13-5-3-4-6-17(13)22-2/h3-10H,1-2H3,(H,20,21)/b14-10+. The lowest BCUT2D eigenvalue weighted by Gasteiger charge is -2.03. The topological polar surface area (TPSA) is 61.7 Å². The lowest BCUT2D eigenvalue weighted by Crippen LogP contribution is -1.89. The fourth-order valence-electron chi connectivity index (χ4n) is 2.35. The molecule has 3 aromatic rings. The number of aromatic amines is 1. The van der Waals surface area contributed by atoms with Gasteiger partial charge in [0.1, 0.15) is 17.6 Å². The van der Waals surface area contributed by atoms with Gasteiger partial charge in [0.05, 0.1) is 23.7 Å². The summed E-state index contributed by atoms with van der Waals surface area (Å²) in [6, 6.07) is 15.7. The van der Waals surface area contributed by atoms with Crippen molar-refractivity contribution in [2.24, 2.45) is 0 Å². The lowest BCUT2D eigenvalue weighted by atomic mass is 10.1. The molecule has 0 bridgehead atoms. The largest absolute Gasteiger partial charge is 0.496 e. The minimum Gasteiger partial charge on any atom is -0.496 e. The van der Waals surface area contributed by atoms with Crippen LogP contribution in [0, 0.1) is 18.3 Å². The maximum atomic E-state index is 9.47. The van der Waals surface area contributed by atoms with Gasteiger partial charge in [-0.05, 0) is 36.8 Å². The van der Waals surface area contributed by atoms with E-state index in [4.69, 9.17) is 4.74 Å². The van der Waals surface area contributed by atoms with E-state index in [1.807, 2.05) is 49.4 Å². The summed E-state index contributed by atoms with van der Waals surface area (Å²) in [4.78, 5) is 7.69. The quantitative estimate of drug-likeness (QED) is 0.743. The SMILES string of the molecule is COc1ccccc1/C=C(\C#N)c1nc2ccc(C)cc2[nH]1. The third kappa shape index (κ3) is 2.57. The first-order valence-electron chi connectivity index (χ1n) is 6.93. The number of nitriles is 1. The van der Waals surface area contributed by atoms with Crippen LogP contribution in [0.5, 0.6) is 5.75 Å². The molecule has 4 heteroatoms. The molecule has 0 atom stereocenters. The average Bonchev–Trinajstić information content (AvgIpc) is 2.95. The number of nitrogens with zero attached hydrogens (tertiary/aromatic N) is 2. The van der Waals surface area contributed by atoms with Crippen LogP contribution in [0.25, 0.3) is 22.7 Å². The number of hydrogen-bond acceptors (Lipinski definition) is 3. The van der Waals surface area contributed by atoms with Crippen molar-refractivity contribution in [1.29, 1.82) is 5.26 Å². The maximum absolute atomic E-state index is 9.47. The summed E-state index contributed by atoms with van der Waals surface area (Å²) in [5.41, 5.74) is 4.24. The Balaban J connectivity index is 2.09. The van der Waals surface area contributed by atoms with Crippen molar-refractivity contribution in [3.63, 3.8) is 0 Å². The number of allylic oxidation sites excluding steroid dienone is 1. The van der Waals surface area contributed by atoms with Gasteiger partial charge in [0.25, 0.3) is 0 Å². The van der Waals surface area contributed by atoms with E-state index in [0.717, 1.165) is 27.9 Å².